The lowest BCUT2D eigenvalue weighted by Crippen LogP contribution is -2.43. The number of alkyl halides is 3. The van der Waals surface area contributed by atoms with E-state index in [0.717, 1.165) is 38.8 Å². The highest BCUT2D eigenvalue weighted by Crippen LogP contribution is 2.91. The lowest BCUT2D eigenvalue weighted by molar-refractivity contribution is -0.274. The molecular formula is C23H26F3N5O2. The molecule has 5 unspecified atom stereocenters. The number of ether oxygens (including phenoxy) is 2. The number of morpholine rings is 1. The van der Waals surface area contributed by atoms with Crippen molar-refractivity contribution in [3.05, 3.63) is 24.0 Å². The standard InChI is InChI=1S/C23H26F3N5O2/c24-23(25,26)33-17-7-13(10-28-21(17)27)15-9-18(31(29-15)11-12-1-2-12)22-14-8-16(20(22)19(14)22)30-3-5-32-6-4-30/h7,9-10,12,14,16,19-20H,1-6,8,11H2,(H2,27,28). The van der Waals surface area contributed by atoms with Gasteiger partial charge in [-0.05, 0) is 55.1 Å². The first kappa shape index (κ1) is 20.1. The van der Waals surface area contributed by atoms with Gasteiger partial charge in [0, 0.05) is 48.5 Å². The van der Waals surface area contributed by atoms with Crippen molar-refractivity contribution in [2.24, 2.45) is 23.7 Å². The Labute approximate surface area is 189 Å². The second-order valence-electron chi connectivity index (χ2n) is 10.2. The molecule has 1 aliphatic heterocycles. The third-order valence-corrected chi connectivity index (χ3v) is 8.50. The van der Waals surface area contributed by atoms with Crippen LogP contribution in [0.25, 0.3) is 11.3 Å². The van der Waals surface area contributed by atoms with Crippen LogP contribution in [-0.4, -0.2) is 58.4 Å². The number of nitrogen functional groups attached to an aromatic ring is 1. The van der Waals surface area contributed by atoms with Gasteiger partial charge >= 0.3 is 6.36 Å². The van der Waals surface area contributed by atoms with Crippen LogP contribution in [-0.2, 0) is 16.7 Å². The zero-order valence-corrected chi connectivity index (χ0v) is 18.1. The van der Waals surface area contributed by atoms with E-state index in [0.29, 0.717) is 35.1 Å². The van der Waals surface area contributed by atoms with Crippen LogP contribution in [0.3, 0.4) is 0 Å². The van der Waals surface area contributed by atoms with Crippen LogP contribution >= 0.6 is 0 Å². The molecular weight excluding hydrogens is 435 g/mol. The van der Waals surface area contributed by atoms with Crippen LogP contribution in [0.15, 0.2) is 18.3 Å². The first-order valence-corrected chi connectivity index (χ1v) is 11.8. The molecule has 0 amide bonds. The van der Waals surface area contributed by atoms with Crippen molar-refractivity contribution in [3.8, 4) is 17.0 Å². The largest absolute Gasteiger partial charge is 0.573 e. The highest BCUT2D eigenvalue weighted by atomic mass is 19.4. The smallest absolute Gasteiger partial charge is 0.402 e. The number of rotatable bonds is 6. The van der Waals surface area contributed by atoms with Gasteiger partial charge in [0.15, 0.2) is 11.6 Å². The SMILES string of the molecule is Nc1ncc(-c2cc(C34C5CC(N6CCOCC6)C3C54)n(CC3CC3)n2)cc1OC(F)(F)F. The minimum Gasteiger partial charge on any atom is -0.402 e. The van der Waals surface area contributed by atoms with Crippen LogP contribution in [0.4, 0.5) is 19.0 Å². The zero-order valence-electron chi connectivity index (χ0n) is 18.1. The number of fused-ring (bicyclic) bond motifs is 1. The van der Waals surface area contributed by atoms with Crippen LogP contribution < -0.4 is 10.5 Å². The molecule has 2 N–H and O–H groups in total. The molecule has 3 heterocycles. The van der Waals surface area contributed by atoms with E-state index in [1.165, 1.54) is 37.2 Å². The van der Waals surface area contributed by atoms with E-state index in [2.05, 4.69) is 25.4 Å². The average molecular weight is 461 g/mol. The molecule has 6 fully saturated rings. The van der Waals surface area contributed by atoms with E-state index < -0.39 is 12.1 Å². The second kappa shape index (κ2) is 6.63. The van der Waals surface area contributed by atoms with Gasteiger partial charge < -0.3 is 15.2 Å². The Morgan fingerprint density at radius 3 is 2.67 bits per heavy atom. The van der Waals surface area contributed by atoms with E-state index >= 15 is 0 Å². The van der Waals surface area contributed by atoms with Crippen molar-refractivity contribution >= 4 is 5.82 Å². The van der Waals surface area contributed by atoms with Gasteiger partial charge in [0.05, 0.1) is 18.9 Å². The van der Waals surface area contributed by atoms with Crippen molar-refractivity contribution in [3.63, 3.8) is 0 Å². The van der Waals surface area contributed by atoms with Crippen LogP contribution in [0.1, 0.15) is 25.0 Å². The molecule has 2 aromatic heterocycles. The molecule has 0 radical (unpaired) electrons. The number of anilines is 1. The maximum Gasteiger partial charge on any atom is 0.573 e. The Kier molecular flexibility index (Phi) is 4.03. The van der Waals surface area contributed by atoms with Gasteiger partial charge in [-0.15, -0.1) is 13.2 Å². The summed E-state index contributed by atoms with van der Waals surface area (Å²) >= 11 is 0. The minimum atomic E-state index is -4.83. The van der Waals surface area contributed by atoms with Gasteiger partial charge in [-0.1, -0.05) is 0 Å². The van der Waals surface area contributed by atoms with E-state index in [-0.39, 0.29) is 11.2 Å². The molecule has 0 aromatic carbocycles. The van der Waals surface area contributed by atoms with Gasteiger partial charge in [-0.25, -0.2) is 4.98 Å². The Hall–Kier alpha value is -2.33. The summed E-state index contributed by atoms with van der Waals surface area (Å²) < 4.78 is 50.1. The number of pyridine rings is 1. The second-order valence-corrected chi connectivity index (χ2v) is 10.2. The molecule has 1 saturated heterocycles. The zero-order chi connectivity index (χ0) is 22.5. The Balaban J connectivity index is 1.21. The monoisotopic (exact) mass is 461 g/mol. The third-order valence-electron chi connectivity index (χ3n) is 8.50. The predicted octanol–water partition coefficient (Wildman–Crippen LogP) is 3.05. The van der Waals surface area contributed by atoms with Gasteiger partial charge in [0.2, 0.25) is 0 Å². The molecule has 2 aromatic rings. The molecule has 0 spiro atoms. The van der Waals surface area contributed by atoms with Crippen molar-refractivity contribution in [1.29, 1.82) is 0 Å². The first-order chi connectivity index (χ1) is 15.9. The lowest BCUT2D eigenvalue weighted by Gasteiger charge is -2.32. The van der Waals surface area contributed by atoms with Crippen molar-refractivity contribution in [1.82, 2.24) is 19.7 Å². The van der Waals surface area contributed by atoms with Crippen molar-refractivity contribution in [2.75, 3.05) is 32.0 Å². The number of halogens is 3. The summed E-state index contributed by atoms with van der Waals surface area (Å²) in [5.74, 6) is 1.96. The van der Waals surface area contributed by atoms with E-state index in [1.807, 2.05) is 0 Å². The van der Waals surface area contributed by atoms with Gasteiger partial charge in [0.1, 0.15) is 0 Å². The fourth-order valence-electron chi connectivity index (χ4n) is 6.87. The number of hydrogen-bond donors (Lipinski definition) is 1. The maximum atomic E-state index is 12.8. The number of aromatic nitrogens is 3. The summed E-state index contributed by atoms with van der Waals surface area (Å²) in [7, 11) is 0. The molecule has 5 saturated carbocycles. The highest BCUT2D eigenvalue weighted by molar-refractivity contribution is 5.66. The minimum absolute atomic E-state index is 0.204. The summed E-state index contributed by atoms with van der Waals surface area (Å²) in [5, 5.41) is 4.86. The molecule has 7 nitrogen and oxygen atoms in total. The molecule has 33 heavy (non-hydrogen) atoms. The normalized spacial score (nSPS) is 34.9. The number of nitrogens with zero attached hydrogens (tertiary/aromatic N) is 4. The third kappa shape index (κ3) is 3.02. The van der Waals surface area contributed by atoms with E-state index in [9.17, 15) is 13.2 Å². The van der Waals surface area contributed by atoms with E-state index in [1.54, 1.807) is 0 Å². The van der Waals surface area contributed by atoms with Crippen molar-refractivity contribution in [2.45, 2.75) is 43.6 Å². The fourth-order valence-corrected chi connectivity index (χ4v) is 6.87. The topological polar surface area (TPSA) is 78.4 Å². The quantitative estimate of drug-likeness (QED) is 0.713. The summed E-state index contributed by atoms with van der Waals surface area (Å²) in [6.07, 6.45) is 0.300. The van der Waals surface area contributed by atoms with Crippen LogP contribution in [0.5, 0.6) is 5.75 Å². The maximum absolute atomic E-state index is 12.8. The van der Waals surface area contributed by atoms with Crippen LogP contribution in [0.2, 0.25) is 0 Å². The summed E-state index contributed by atoms with van der Waals surface area (Å²) in [5.41, 5.74) is 8.22. The highest BCUT2D eigenvalue weighted by Gasteiger charge is 2.93. The predicted molar refractivity (Wildman–Crippen MR) is 112 cm³/mol. The Morgan fingerprint density at radius 1 is 1.18 bits per heavy atom. The Morgan fingerprint density at radius 2 is 1.97 bits per heavy atom. The average Bonchev–Trinajstić information content (AvgIpc) is 3.70. The molecule has 6 aliphatic rings. The van der Waals surface area contributed by atoms with Crippen LogP contribution in [0, 0.1) is 23.7 Å². The molecule has 2 bridgehead atoms. The summed E-state index contributed by atoms with van der Waals surface area (Å²) in [6, 6.07) is 3.99. The Bertz CT molecular complexity index is 1100. The number of nitrogens with two attached hydrogens (primary N) is 1. The molecule has 10 heteroatoms. The molecule has 176 valence electrons. The van der Waals surface area contributed by atoms with Gasteiger partial charge in [-0.2, -0.15) is 5.10 Å². The first-order valence-electron chi connectivity index (χ1n) is 11.8. The van der Waals surface area contributed by atoms with Crippen molar-refractivity contribution < 1.29 is 22.6 Å². The summed E-state index contributed by atoms with van der Waals surface area (Å²) in [6.45, 7) is 4.49. The molecule has 5 aliphatic carbocycles. The van der Waals surface area contributed by atoms with E-state index in [4.69, 9.17) is 15.6 Å². The van der Waals surface area contributed by atoms with Gasteiger partial charge in [-0.3, -0.25) is 9.58 Å². The molecule has 8 rings (SSSR count). The molecule has 5 atom stereocenters. The van der Waals surface area contributed by atoms with Gasteiger partial charge in [0.25, 0.3) is 0 Å². The lowest BCUT2D eigenvalue weighted by atomic mass is 10.00. The number of hydrogen-bond acceptors (Lipinski definition) is 6. The fraction of sp³-hybridized carbons (Fsp3) is 0.652. The summed E-state index contributed by atoms with van der Waals surface area (Å²) in [4.78, 5) is 6.54.